The molecule has 0 N–H and O–H groups in total. The summed E-state index contributed by atoms with van der Waals surface area (Å²) < 4.78 is 16.4. The van der Waals surface area contributed by atoms with Gasteiger partial charge in [-0.25, -0.2) is 4.79 Å². The number of aromatic nitrogens is 2. The Morgan fingerprint density at radius 1 is 1.04 bits per heavy atom. The highest BCUT2D eigenvalue weighted by Gasteiger charge is 2.31. The molecule has 2 saturated heterocycles. The Hall–Kier alpha value is -2.45. The molecular weight excluding hydrogens is 324 g/mol. The van der Waals surface area contributed by atoms with Gasteiger partial charge in [-0.1, -0.05) is 23.4 Å². The average molecular weight is 344 g/mol. The topological polar surface area (TPSA) is 80.9 Å². The van der Waals surface area contributed by atoms with Crippen molar-refractivity contribution in [3.8, 4) is 11.5 Å². The molecule has 1 atom stereocenters. The van der Waals surface area contributed by atoms with Crippen molar-refractivity contribution >= 4 is 6.03 Å². The summed E-state index contributed by atoms with van der Waals surface area (Å²) in [6.07, 6.45) is -0.375. The summed E-state index contributed by atoms with van der Waals surface area (Å²) in [6, 6.07) is 9.60. The Bertz CT molecular complexity index is 714. The van der Waals surface area contributed by atoms with E-state index in [2.05, 4.69) is 10.1 Å². The third-order valence-corrected chi connectivity index (χ3v) is 4.37. The van der Waals surface area contributed by atoms with E-state index in [9.17, 15) is 4.79 Å². The monoisotopic (exact) mass is 344 g/mol. The summed E-state index contributed by atoms with van der Waals surface area (Å²) in [6.45, 7) is 3.87. The highest BCUT2D eigenvalue weighted by molar-refractivity contribution is 5.74. The molecule has 0 spiro atoms. The van der Waals surface area contributed by atoms with Gasteiger partial charge < -0.3 is 23.8 Å². The molecule has 8 heteroatoms. The Kier molecular flexibility index (Phi) is 4.62. The van der Waals surface area contributed by atoms with Crippen LogP contribution in [0.2, 0.25) is 0 Å². The Labute approximate surface area is 145 Å². The van der Waals surface area contributed by atoms with E-state index in [1.807, 2.05) is 35.2 Å². The van der Waals surface area contributed by atoms with Gasteiger partial charge in [-0.15, -0.1) is 0 Å². The number of benzene rings is 1. The van der Waals surface area contributed by atoms with Crippen LogP contribution in [0.4, 0.5) is 4.79 Å². The van der Waals surface area contributed by atoms with E-state index < -0.39 is 0 Å². The quantitative estimate of drug-likeness (QED) is 0.822. The molecule has 8 nitrogen and oxygen atoms in total. The van der Waals surface area contributed by atoms with Crippen LogP contribution in [0.3, 0.4) is 0 Å². The van der Waals surface area contributed by atoms with Gasteiger partial charge in [0, 0.05) is 25.2 Å². The number of rotatable bonds is 2. The highest BCUT2D eigenvalue weighted by atomic mass is 16.5. The van der Waals surface area contributed by atoms with E-state index in [1.165, 1.54) is 0 Å². The van der Waals surface area contributed by atoms with Crippen LogP contribution in [0.25, 0.3) is 11.5 Å². The molecule has 4 rings (SSSR count). The van der Waals surface area contributed by atoms with E-state index in [4.69, 9.17) is 14.0 Å². The van der Waals surface area contributed by atoms with Crippen molar-refractivity contribution in [1.82, 2.24) is 19.9 Å². The van der Waals surface area contributed by atoms with E-state index in [0.717, 1.165) is 5.56 Å². The van der Waals surface area contributed by atoms with Crippen LogP contribution in [-0.2, 0) is 9.47 Å². The van der Waals surface area contributed by atoms with Crippen LogP contribution in [0.5, 0.6) is 0 Å². The summed E-state index contributed by atoms with van der Waals surface area (Å²) in [5, 5.41) is 4.04. The molecule has 1 aromatic heterocycles. The van der Waals surface area contributed by atoms with Crippen LogP contribution < -0.4 is 0 Å². The molecule has 2 fully saturated rings. The molecule has 0 radical (unpaired) electrons. The minimum Gasteiger partial charge on any atom is -0.378 e. The second-order valence-electron chi connectivity index (χ2n) is 6.01. The number of carbonyl (C=O) groups is 1. The van der Waals surface area contributed by atoms with Gasteiger partial charge in [-0.05, 0) is 12.1 Å². The van der Waals surface area contributed by atoms with Crippen molar-refractivity contribution in [2.45, 2.75) is 6.10 Å². The number of nitrogens with zero attached hydrogens (tertiary/aromatic N) is 4. The maximum atomic E-state index is 12.6. The Morgan fingerprint density at radius 3 is 2.60 bits per heavy atom. The molecule has 132 valence electrons. The van der Waals surface area contributed by atoms with Crippen molar-refractivity contribution in [3.63, 3.8) is 0 Å². The number of carbonyl (C=O) groups excluding carboxylic acids is 1. The van der Waals surface area contributed by atoms with Gasteiger partial charge in [0.1, 0.15) is 6.10 Å². The molecule has 0 unspecified atom stereocenters. The van der Waals surface area contributed by atoms with Gasteiger partial charge >= 0.3 is 6.03 Å². The van der Waals surface area contributed by atoms with Crippen LogP contribution in [0.1, 0.15) is 11.9 Å². The maximum absolute atomic E-state index is 12.6. The third kappa shape index (κ3) is 3.49. The van der Waals surface area contributed by atoms with Gasteiger partial charge in [-0.3, -0.25) is 0 Å². The fourth-order valence-corrected chi connectivity index (χ4v) is 3.00. The fourth-order valence-electron chi connectivity index (χ4n) is 3.00. The van der Waals surface area contributed by atoms with E-state index in [1.54, 1.807) is 4.90 Å². The van der Waals surface area contributed by atoms with E-state index in [-0.39, 0.29) is 12.1 Å². The molecule has 0 bridgehead atoms. The minimum absolute atomic E-state index is 0.0170. The largest absolute Gasteiger partial charge is 0.378 e. The van der Waals surface area contributed by atoms with Crippen molar-refractivity contribution in [2.75, 3.05) is 46.0 Å². The third-order valence-electron chi connectivity index (χ3n) is 4.37. The summed E-state index contributed by atoms with van der Waals surface area (Å²) in [5.41, 5.74) is 0.860. The molecule has 0 saturated carbocycles. The Morgan fingerprint density at radius 2 is 1.80 bits per heavy atom. The molecule has 2 aliphatic rings. The fraction of sp³-hybridized carbons (Fsp3) is 0.471. The zero-order valence-electron chi connectivity index (χ0n) is 13.8. The molecule has 2 aliphatic heterocycles. The first-order valence-corrected chi connectivity index (χ1v) is 8.43. The number of morpholine rings is 2. The average Bonchev–Trinajstić information content (AvgIpc) is 3.19. The highest BCUT2D eigenvalue weighted by Crippen LogP contribution is 2.24. The number of hydrogen-bond acceptors (Lipinski definition) is 6. The lowest BCUT2D eigenvalue weighted by molar-refractivity contribution is -0.0310. The van der Waals surface area contributed by atoms with E-state index in [0.29, 0.717) is 57.7 Å². The van der Waals surface area contributed by atoms with Crippen molar-refractivity contribution < 1.29 is 18.8 Å². The first-order chi connectivity index (χ1) is 12.3. The van der Waals surface area contributed by atoms with Gasteiger partial charge in [0.25, 0.3) is 5.89 Å². The van der Waals surface area contributed by atoms with Crippen molar-refractivity contribution in [2.24, 2.45) is 0 Å². The number of hydrogen-bond donors (Lipinski definition) is 0. The smallest absolute Gasteiger partial charge is 0.320 e. The first-order valence-electron chi connectivity index (χ1n) is 8.43. The van der Waals surface area contributed by atoms with Crippen molar-refractivity contribution in [3.05, 3.63) is 36.2 Å². The zero-order chi connectivity index (χ0) is 17.1. The summed E-state index contributed by atoms with van der Waals surface area (Å²) >= 11 is 0. The molecular formula is C17H20N4O4. The predicted molar refractivity (Wildman–Crippen MR) is 87.8 cm³/mol. The molecule has 2 aromatic rings. The number of urea groups is 1. The summed E-state index contributed by atoms with van der Waals surface area (Å²) in [4.78, 5) is 20.7. The Balaban J connectivity index is 1.44. The lowest BCUT2D eigenvalue weighted by Crippen LogP contribution is -2.52. The van der Waals surface area contributed by atoms with Gasteiger partial charge in [0.2, 0.25) is 5.82 Å². The molecule has 1 aromatic carbocycles. The van der Waals surface area contributed by atoms with Gasteiger partial charge in [-0.2, -0.15) is 4.98 Å². The normalized spacial score (nSPS) is 21.4. The summed E-state index contributed by atoms with van der Waals surface area (Å²) in [5.74, 6) is 0.925. The lowest BCUT2D eigenvalue weighted by atomic mass is 10.2. The van der Waals surface area contributed by atoms with Crippen LogP contribution in [0, 0.1) is 0 Å². The second-order valence-corrected chi connectivity index (χ2v) is 6.01. The molecule has 2 amide bonds. The number of ether oxygens (including phenoxy) is 2. The first kappa shape index (κ1) is 16.0. The maximum Gasteiger partial charge on any atom is 0.320 e. The molecule has 0 aliphatic carbocycles. The van der Waals surface area contributed by atoms with Gasteiger partial charge in [0.15, 0.2) is 0 Å². The van der Waals surface area contributed by atoms with Crippen LogP contribution in [-0.4, -0.2) is 72.0 Å². The standard InChI is InChI=1S/C17H20N4O4/c22-17(20-6-9-23-10-7-20)21-8-11-24-14(12-21)15-18-16(25-19-15)13-4-2-1-3-5-13/h1-5,14H,6-12H2/t14-/m0/s1. The zero-order valence-corrected chi connectivity index (χ0v) is 13.8. The van der Waals surface area contributed by atoms with Gasteiger partial charge in [0.05, 0.1) is 26.4 Å². The van der Waals surface area contributed by atoms with Crippen LogP contribution >= 0.6 is 0 Å². The number of amides is 2. The SMILES string of the molecule is O=C(N1CCOCC1)N1CCO[C@H](c2noc(-c3ccccc3)n2)C1. The predicted octanol–water partition coefficient (Wildman–Crippen LogP) is 1.56. The van der Waals surface area contributed by atoms with E-state index >= 15 is 0 Å². The summed E-state index contributed by atoms with van der Waals surface area (Å²) in [7, 11) is 0. The van der Waals surface area contributed by atoms with Crippen LogP contribution in [0.15, 0.2) is 34.9 Å². The second kappa shape index (κ2) is 7.20. The van der Waals surface area contributed by atoms with Crippen molar-refractivity contribution in [1.29, 1.82) is 0 Å². The lowest BCUT2D eigenvalue weighted by Gasteiger charge is -2.36. The minimum atomic E-state index is -0.375. The molecule has 25 heavy (non-hydrogen) atoms. The molecule has 3 heterocycles.